The minimum atomic E-state index is -1.51. The van der Waals surface area contributed by atoms with Crippen molar-refractivity contribution in [3.8, 4) is 11.5 Å². The first kappa shape index (κ1) is 26.9. The van der Waals surface area contributed by atoms with Crippen molar-refractivity contribution in [2.75, 3.05) is 56.6 Å². The molecule has 0 amide bonds. The number of hydrogen-bond acceptors (Lipinski definition) is 8. The standard InChI is InChI=1S/C27H30F4N6O2/c1-38-24-12-17(2-3-23(24)37-8-4-18(5-9-37)36-10-6-32-7-11-36)35-27-33-14-19(15-34-27)39-16-20-25(30)21(28)13-22(29)26(20)31/h2-3,12-15,18,32H,4-11,16H2,1H3,(H,33,34,35). The van der Waals surface area contributed by atoms with Gasteiger partial charge in [-0.15, -0.1) is 0 Å². The average Bonchev–Trinajstić information content (AvgIpc) is 2.97. The summed E-state index contributed by atoms with van der Waals surface area (Å²) in [6, 6.07) is 6.56. The number of halogens is 4. The molecule has 12 heteroatoms. The second-order valence-electron chi connectivity index (χ2n) is 9.49. The normalized spacial score (nSPS) is 16.8. The van der Waals surface area contributed by atoms with Gasteiger partial charge in [0.1, 0.15) is 12.4 Å². The van der Waals surface area contributed by atoms with Crippen LogP contribution in [0.15, 0.2) is 36.7 Å². The fraction of sp³-hybridized carbons (Fsp3) is 0.407. The Kier molecular flexibility index (Phi) is 8.32. The zero-order valence-electron chi connectivity index (χ0n) is 21.5. The first-order chi connectivity index (χ1) is 18.9. The van der Waals surface area contributed by atoms with Crippen molar-refractivity contribution in [2.45, 2.75) is 25.5 Å². The lowest BCUT2D eigenvalue weighted by Crippen LogP contribution is -2.52. The van der Waals surface area contributed by atoms with Gasteiger partial charge in [-0.2, -0.15) is 0 Å². The van der Waals surface area contributed by atoms with Gasteiger partial charge in [-0.1, -0.05) is 0 Å². The van der Waals surface area contributed by atoms with Crippen LogP contribution in [0.4, 0.5) is 34.9 Å². The number of piperazine rings is 1. The molecule has 2 aromatic carbocycles. The van der Waals surface area contributed by atoms with E-state index in [0.717, 1.165) is 63.5 Å². The lowest BCUT2D eigenvalue weighted by molar-refractivity contribution is 0.150. The van der Waals surface area contributed by atoms with E-state index >= 15 is 0 Å². The van der Waals surface area contributed by atoms with E-state index in [1.54, 1.807) is 7.11 Å². The van der Waals surface area contributed by atoms with Gasteiger partial charge in [0.2, 0.25) is 5.95 Å². The highest BCUT2D eigenvalue weighted by Crippen LogP contribution is 2.34. The summed E-state index contributed by atoms with van der Waals surface area (Å²) >= 11 is 0. The minimum Gasteiger partial charge on any atom is -0.495 e. The van der Waals surface area contributed by atoms with Crippen molar-refractivity contribution in [3.63, 3.8) is 0 Å². The number of benzene rings is 2. The van der Waals surface area contributed by atoms with E-state index in [1.807, 2.05) is 18.2 Å². The Balaban J connectivity index is 1.18. The van der Waals surface area contributed by atoms with E-state index < -0.39 is 35.4 Å². The topological polar surface area (TPSA) is 74.8 Å². The molecule has 0 spiro atoms. The molecule has 0 saturated carbocycles. The monoisotopic (exact) mass is 546 g/mol. The molecule has 2 aliphatic heterocycles. The summed E-state index contributed by atoms with van der Waals surface area (Å²) in [4.78, 5) is 13.2. The third-order valence-electron chi connectivity index (χ3n) is 7.12. The Bertz CT molecular complexity index is 1260. The summed E-state index contributed by atoms with van der Waals surface area (Å²) in [5.41, 5.74) is 0.883. The fourth-order valence-electron chi connectivity index (χ4n) is 5.03. The second-order valence-corrected chi connectivity index (χ2v) is 9.49. The maximum absolute atomic E-state index is 13.8. The maximum Gasteiger partial charge on any atom is 0.227 e. The van der Waals surface area contributed by atoms with Crippen LogP contribution in [-0.4, -0.2) is 67.3 Å². The summed E-state index contributed by atoms with van der Waals surface area (Å²) in [6.45, 7) is 5.50. The molecule has 2 N–H and O–H groups in total. The Labute approximate surface area is 223 Å². The maximum atomic E-state index is 13.8. The van der Waals surface area contributed by atoms with Crippen LogP contribution in [0.3, 0.4) is 0 Å². The largest absolute Gasteiger partial charge is 0.495 e. The number of piperidine rings is 1. The van der Waals surface area contributed by atoms with Gasteiger partial charge in [0, 0.05) is 63.1 Å². The van der Waals surface area contributed by atoms with Gasteiger partial charge in [0.25, 0.3) is 0 Å². The Morgan fingerprint density at radius 2 is 1.62 bits per heavy atom. The van der Waals surface area contributed by atoms with Crippen molar-refractivity contribution in [1.29, 1.82) is 0 Å². The molecule has 3 heterocycles. The van der Waals surface area contributed by atoms with Gasteiger partial charge in [0.15, 0.2) is 29.0 Å². The van der Waals surface area contributed by atoms with Gasteiger partial charge in [-0.25, -0.2) is 27.5 Å². The molecular weight excluding hydrogens is 516 g/mol. The number of nitrogens with zero attached hydrogens (tertiary/aromatic N) is 4. The van der Waals surface area contributed by atoms with Crippen LogP contribution in [0.25, 0.3) is 0 Å². The summed E-state index contributed by atoms with van der Waals surface area (Å²) in [6.07, 6.45) is 4.79. The molecule has 208 valence electrons. The highest BCUT2D eigenvalue weighted by Gasteiger charge is 2.27. The van der Waals surface area contributed by atoms with E-state index in [0.29, 0.717) is 11.7 Å². The first-order valence-electron chi connectivity index (χ1n) is 12.8. The van der Waals surface area contributed by atoms with Gasteiger partial charge in [0.05, 0.1) is 30.8 Å². The minimum absolute atomic E-state index is 0.0705. The number of aromatic nitrogens is 2. The smallest absolute Gasteiger partial charge is 0.227 e. The second kappa shape index (κ2) is 12.0. The number of ether oxygens (including phenoxy) is 2. The van der Waals surface area contributed by atoms with Crippen LogP contribution in [0.2, 0.25) is 0 Å². The zero-order chi connectivity index (χ0) is 27.4. The van der Waals surface area contributed by atoms with Crippen LogP contribution >= 0.6 is 0 Å². The van der Waals surface area contributed by atoms with Crippen molar-refractivity contribution in [1.82, 2.24) is 20.2 Å². The van der Waals surface area contributed by atoms with Crippen LogP contribution < -0.4 is 25.0 Å². The van der Waals surface area contributed by atoms with Crippen LogP contribution in [0.1, 0.15) is 18.4 Å². The molecule has 0 radical (unpaired) electrons. The van der Waals surface area contributed by atoms with Crippen LogP contribution in [0, 0.1) is 23.3 Å². The molecule has 1 aromatic heterocycles. The van der Waals surface area contributed by atoms with E-state index in [1.165, 1.54) is 12.4 Å². The van der Waals surface area contributed by atoms with Crippen LogP contribution in [0.5, 0.6) is 11.5 Å². The molecule has 8 nitrogen and oxygen atoms in total. The fourth-order valence-corrected chi connectivity index (χ4v) is 5.03. The average molecular weight is 547 g/mol. The SMILES string of the molecule is COc1cc(Nc2ncc(OCc3c(F)c(F)cc(F)c3F)cn2)ccc1N1CCC(N2CCNCC2)CC1. The van der Waals surface area contributed by atoms with Crippen molar-refractivity contribution in [3.05, 3.63) is 65.5 Å². The molecule has 3 aromatic rings. The molecule has 39 heavy (non-hydrogen) atoms. The third-order valence-corrected chi connectivity index (χ3v) is 7.12. The molecule has 0 aliphatic carbocycles. The highest BCUT2D eigenvalue weighted by molar-refractivity contribution is 5.67. The lowest BCUT2D eigenvalue weighted by atomic mass is 10.0. The van der Waals surface area contributed by atoms with Gasteiger partial charge in [-0.05, 0) is 25.0 Å². The quantitative estimate of drug-likeness (QED) is 0.321. The Morgan fingerprint density at radius 1 is 0.949 bits per heavy atom. The van der Waals surface area contributed by atoms with Gasteiger partial charge in [-0.3, -0.25) is 4.90 Å². The van der Waals surface area contributed by atoms with E-state index in [2.05, 4.69) is 30.4 Å². The predicted octanol–water partition coefficient (Wildman–Crippen LogP) is 4.24. The van der Waals surface area contributed by atoms with Gasteiger partial charge >= 0.3 is 0 Å². The zero-order valence-corrected chi connectivity index (χ0v) is 21.5. The van der Waals surface area contributed by atoms with Crippen molar-refractivity contribution in [2.24, 2.45) is 0 Å². The predicted molar refractivity (Wildman–Crippen MR) is 139 cm³/mol. The van der Waals surface area contributed by atoms with Gasteiger partial charge < -0.3 is 25.0 Å². The summed E-state index contributed by atoms with van der Waals surface area (Å²) < 4.78 is 65.4. The van der Waals surface area contributed by atoms with Crippen LogP contribution in [-0.2, 0) is 6.61 Å². The van der Waals surface area contributed by atoms with E-state index in [4.69, 9.17) is 9.47 Å². The van der Waals surface area contributed by atoms with E-state index in [9.17, 15) is 17.6 Å². The summed E-state index contributed by atoms with van der Waals surface area (Å²) in [5, 5.41) is 6.50. The number of anilines is 3. The molecule has 0 atom stereocenters. The lowest BCUT2D eigenvalue weighted by Gasteiger charge is -2.41. The van der Waals surface area contributed by atoms with Crippen molar-refractivity contribution >= 4 is 17.3 Å². The molecule has 5 rings (SSSR count). The number of rotatable bonds is 8. The molecule has 2 saturated heterocycles. The van der Waals surface area contributed by atoms with E-state index in [-0.39, 0.29) is 17.8 Å². The molecular formula is C27H30F4N6O2. The first-order valence-corrected chi connectivity index (χ1v) is 12.8. The number of hydrogen-bond donors (Lipinski definition) is 2. The molecule has 2 aliphatic rings. The third kappa shape index (κ3) is 6.17. The Hall–Kier alpha value is -3.64. The Morgan fingerprint density at radius 3 is 2.26 bits per heavy atom. The summed E-state index contributed by atoms with van der Waals surface area (Å²) in [7, 11) is 1.63. The molecule has 0 unspecified atom stereocenters. The molecule has 2 fully saturated rings. The number of nitrogens with one attached hydrogen (secondary N) is 2. The number of methoxy groups -OCH3 is 1. The highest BCUT2D eigenvalue weighted by atomic mass is 19.2. The summed E-state index contributed by atoms with van der Waals surface area (Å²) in [5.74, 6) is -4.95. The molecule has 0 bridgehead atoms. The van der Waals surface area contributed by atoms with Crippen molar-refractivity contribution < 1.29 is 27.0 Å².